The molecule has 2 N–H and O–H groups in total. The van der Waals surface area contributed by atoms with Crippen LogP contribution in [-0.2, 0) is 0 Å². The molecule has 0 aliphatic heterocycles. The van der Waals surface area contributed by atoms with E-state index in [0.717, 1.165) is 4.90 Å². The van der Waals surface area contributed by atoms with Crippen molar-refractivity contribution in [2.24, 2.45) is 5.73 Å². The first-order valence-electron chi connectivity index (χ1n) is 3.12. The monoisotopic (exact) mass is 155 g/mol. The zero-order valence-electron chi connectivity index (χ0n) is 6.33. The Labute approximate surface area is 67.7 Å². The van der Waals surface area contributed by atoms with Gasteiger partial charge >= 0.3 is 0 Å². The number of rotatable bonds is 0. The highest BCUT2D eigenvalue weighted by Gasteiger charge is 1.80. The number of hydrogen-bond acceptors (Lipinski definition) is 2. The van der Waals surface area contributed by atoms with Crippen molar-refractivity contribution in [1.82, 2.24) is 0 Å². The van der Waals surface area contributed by atoms with Gasteiger partial charge in [-0.15, -0.1) is 12.6 Å². The fraction of sp³-hybridized carbons (Fsp3) is 0.250. The van der Waals surface area contributed by atoms with Crippen molar-refractivity contribution in [3.63, 3.8) is 0 Å². The van der Waals surface area contributed by atoms with E-state index in [0.29, 0.717) is 0 Å². The summed E-state index contributed by atoms with van der Waals surface area (Å²) in [5, 5.41) is 0. The molecule has 1 aromatic carbocycles. The SMILES string of the molecule is CN.Cc1ccc(S)cc1. The molecule has 0 heterocycles. The molecule has 0 aromatic heterocycles. The van der Waals surface area contributed by atoms with Crippen molar-refractivity contribution in [3.05, 3.63) is 29.8 Å². The summed E-state index contributed by atoms with van der Waals surface area (Å²) < 4.78 is 0. The highest BCUT2D eigenvalue weighted by molar-refractivity contribution is 7.80. The number of aryl methyl sites for hydroxylation is 1. The highest BCUT2D eigenvalue weighted by Crippen LogP contribution is 2.05. The molecule has 0 fully saturated rings. The Kier molecular flexibility index (Phi) is 5.08. The van der Waals surface area contributed by atoms with Crippen molar-refractivity contribution in [2.45, 2.75) is 11.8 Å². The molecular weight excluding hydrogens is 142 g/mol. The van der Waals surface area contributed by atoms with E-state index in [1.165, 1.54) is 12.6 Å². The molecule has 0 atom stereocenters. The molecule has 10 heavy (non-hydrogen) atoms. The van der Waals surface area contributed by atoms with Crippen molar-refractivity contribution >= 4 is 12.6 Å². The van der Waals surface area contributed by atoms with Crippen LogP contribution in [0.4, 0.5) is 0 Å². The lowest BCUT2D eigenvalue weighted by Crippen LogP contribution is -1.69. The minimum atomic E-state index is 1.02. The van der Waals surface area contributed by atoms with Crippen molar-refractivity contribution in [3.8, 4) is 0 Å². The molecule has 0 amide bonds. The molecule has 56 valence electrons. The lowest BCUT2D eigenvalue weighted by molar-refractivity contribution is 1.39. The molecular formula is C8H13NS. The number of hydrogen-bond donors (Lipinski definition) is 2. The quantitative estimate of drug-likeness (QED) is 0.549. The summed E-state index contributed by atoms with van der Waals surface area (Å²) in [5.41, 5.74) is 5.78. The predicted molar refractivity (Wildman–Crippen MR) is 48.5 cm³/mol. The summed E-state index contributed by atoms with van der Waals surface area (Å²) in [6, 6.07) is 8.06. The van der Waals surface area contributed by atoms with Crippen LogP contribution in [-0.4, -0.2) is 7.05 Å². The minimum absolute atomic E-state index is 1.02. The third kappa shape index (κ3) is 3.54. The Hall–Kier alpha value is -0.470. The first-order chi connectivity index (χ1) is 4.79. The lowest BCUT2D eigenvalue weighted by Gasteiger charge is -1.89. The molecule has 0 bridgehead atoms. The van der Waals surface area contributed by atoms with Crippen LogP contribution in [0.1, 0.15) is 5.56 Å². The molecule has 0 saturated heterocycles. The average molecular weight is 155 g/mol. The third-order valence-corrected chi connectivity index (χ3v) is 1.33. The standard InChI is InChI=1S/C7H8S.CH5N/c1-6-2-4-7(8)5-3-6;1-2/h2-5,8H,1H3;2H2,1H3. The van der Waals surface area contributed by atoms with Crippen molar-refractivity contribution in [1.29, 1.82) is 0 Å². The summed E-state index contributed by atoms with van der Waals surface area (Å²) >= 11 is 4.13. The lowest BCUT2D eigenvalue weighted by atomic mass is 10.2. The molecule has 0 spiro atoms. The summed E-state index contributed by atoms with van der Waals surface area (Å²) in [4.78, 5) is 1.02. The first-order valence-corrected chi connectivity index (χ1v) is 3.57. The Balaban J connectivity index is 0.000000371. The number of thiol groups is 1. The zero-order chi connectivity index (χ0) is 7.98. The topological polar surface area (TPSA) is 26.0 Å². The predicted octanol–water partition coefficient (Wildman–Crippen LogP) is 1.86. The molecule has 0 saturated carbocycles. The maximum atomic E-state index is 4.50. The van der Waals surface area contributed by atoms with Crippen molar-refractivity contribution < 1.29 is 0 Å². The molecule has 1 rings (SSSR count). The van der Waals surface area contributed by atoms with E-state index < -0.39 is 0 Å². The van der Waals surface area contributed by atoms with E-state index in [-0.39, 0.29) is 0 Å². The first kappa shape index (κ1) is 9.53. The Morgan fingerprint density at radius 1 is 1.10 bits per heavy atom. The van der Waals surface area contributed by atoms with E-state index in [2.05, 4.69) is 25.3 Å². The van der Waals surface area contributed by atoms with Gasteiger partial charge in [0, 0.05) is 4.90 Å². The second-order valence-corrected chi connectivity index (χ2v) is 2.35. The Morgan fingerprint density at radius 2 is 1.50 bits per heavy atom. The molecule has 0 unspecified atom stereocenters. The number of benzene rings is 1. The van der Waals surface area contributed by atoms with Gasteiger partial charge in [-0.3, -0.25) is 0 Å². The maximum Gasteiger partial charge on any atom is 0.00401 e. The molecule has 0 radical (unpaired) electrons. The van der Waals surface area contributed by atoms with Crippen LogP contribution in [0.15, 0.2) is 29.2 Å². The largest absolute Gasteiger partial charge is 0.333 e. The molecule has 1 aromatic rings. The van der Waals surface area contributed by atoms with E-state index in [1.807, 2.05) is 24.3 Å². The van der Waals surface area contributed by atoms with E-state index in [1.54, 1.807) is 0 Å². The van der Waals surface area contributed by atoms with Crippen LogP contribution in [0.5, 0.6) is 0 Å². The number of nitrogens with two attached hydrogens (primary N) is 1. The van der Waals surface area contributed by atoms with Crippen LogP contribution in [0.3, 0.4) is 0 Å². The Morgan fingerprint density at radius 3 is 1.80 bits per heavy atom. The fourth-order valence-corrected chi connectivity index (χ4v) is 0.694. The van der Waals surface area contributed by atoms with Gasteiger partial charge in [0.1, 0.15) is 0 Å². The fourth-order valence-electron chi connectivity index (χ4n) is 0.545. The Bertz CT molecular complexity index is 148. The molecule has 2 heteroatoms. The van der Waals surface area contributed by atoms with Gasteiger partial charge in [0.25, 0.3) is 0 Å². The summed E-state index contributed by atoms with van der Waals surface area (Å²) in [5.74, 6) is 0. The van der Waals surface area contributed by atoms with Crippen LogP contribution >= 0.6 is 12.6 Å². The maximum absolute atomic E-state index is 4.50. The van der Waals surface area contributed by atoms with Gasteiger partial charge in [-0.25, -0.2) is 0 Å². The van der Waals surface area contributed by atoms with Crippen LogP contribution in [0, 0.1) is 6.92 Å². The van der Waals surface area contributed by atoms with Gasteiger partial charge in [-0.2, -0.15) is 0 Å². The average Bonchev–Trinajstić information content (AvgIpc) is 2.00. The van der Waals surface area contributed by atoms with Crippen LogP contribution in [0.2, 0.25) is 0 Å². The summed E-state index contributed by atoms with van der Waals surface area (Å²) in [6.07, 6.45) is 0. The van der Waals surface area contributed by atoms with E-state index in [9.17, 15) is 0 Å². The molecule has 0 aliphatic rings. The van der Waals surface area contributed by atoms with Gasteiger partial charge < -0.3 is 5.73 Å². The second-order valence-electron chi connectivity index (χ2n) is 1.84. The van der Waals surface area contributed by atoms with Gasteiger partial charge in [0.15, 0.2) is 0 Å². The molecule has 0 aliphatic carbocycles. The summed E-state index contributed by atoms with van der Waals surface area (Å²) in [6.45, 7) is 2.06. The van der Waals surface area contributed by atoms with E-state index in [4.69, 9.17) is 0 Å². The summed E-state index contributed by atoms with van der Waals surface area (Å²) in [7, 11) is 1.50. The van der Waals surface area contributed by atoms with Crippen LogP contribution < -0.4 is 5.73 Å². The van der Waals surface area contributed by atoms with Gasteiger partial charge in [0.05, 0.1) is 0 Å². The van der Waals surface area contributed by atoms with Gasteiger partial charge in [0.2, 0.25) is 0 Å². The third-order valence-electron chi connectivity index (χ3n) is 1.03. The molecule has 1 nitrogen and oxygen atoms in total. The van der Waals surface area contributed by atoms with E-state index >= 15 is 0 Å². The smallest absolute Gasteiger partial charge is 0.00401 e. The normalized spacial score (nSPS) is 8.00. The second kappa shape index (κ2) is 5.33. The minimum Gasteiger partial charge on any atom is -0.333 e. The van der Waals surface area contributed by atoms with Gasteiger partial charge in [-0.05, 0) is 26.1 Å². The van der Waals surface area contributed by atoms with Crippen molar-refractivity contribution in [2.75, 3.05) is 7.05 Å². The van der Waals surface area contributed by atoms with Crippen LogP contribution in [0.25, 0.3) is 0 Å². The zero-order valence-corrected chi connectivity index (χ0v) is 7.23. The highest BCUT2D eigenvalue weighted by atomic mass is 32.1. The van der Waals surface area contributed by atoms with Gasteiger partial charge in [-0.1, -0.05) is 17.7 Å².